The summed E-state index contributed by atoms with van der Waals surface area (Å²) in [4.78, 5) is 20.2. The third-order valence-electron chi connectivity index (χ3n) is 7.37. The molecule has 2 atom stereocenters. The van der Waals surface area contributed by atoms with E-state index in [1.54, 1.807) is 30.5 Å². The number of rotatable bonds is 2. The summed E-state index contributed by atoms with van der Waals surface area (Å²) in [6, 6.07) is 11.3. The third kappa shape index (κ3) is 4.90. The van der Waals surface area contributed by atoms with Crippen LogP contribution in [0.3, 0.4) is 0 Å². The molecular formula is C29H29ClN6O. The molecule has 1 aromatic carbocycles. The summed E-state index contributed by atoms with van der Waals surface area (Å²) in [6.07, 6.45) is 8.58. The molecule has 8 heteroatoms. The fraction of sp³-hybridized carbons (Fsp3) is 0.310. The van der Waals surface area contributed by atoms with Gasteiger partial charge in [-0.05, 0) is 66.6 Å². The van der Waals surface area contributed by atoms with E-state index in [9.17, 15) is 10.1 Å². The average molecular weight is 513 g/mol. The van der Waals surface area contributed by atoms with Crippen LogP contribution in [0.2, 0.25) is 5.02 Å². The minimum Gasteiger partial charge on any atom is -0.356 e. The molecule has 188 valence electrons. The zero-order valence-electron chi connectivity index (χ0n) is 21.0. The molecule has 1 N–H and O–H groups in total. The van der Waals surface area contributed by atoms with E-state index in [-0.39, 0.29) is 17.9 Å². The van der Waals surface area contributed by atoms with Gasteiger partial charge in [-0.2, -0.15) is 10.4 Å². The number of benzene rings is 1. The Morgan fingerprint density at radius 3 is 2.86 bits per heavy atom. The quantitative estimate of drug-likeness (QED) is 0.447. The summed E-state index contributed by atoms with van der Waals surface area (Å²) < 4.78 is 1.85. The van der Waals surface area contributed by atoms with Crippen molar-refractivity contribution in [1.29, 1.82) is 5.26 Å². The minimum absolute atomic E-state index is 0.0743. The number of hydrogen-bond acceptors (Lipinski definition) is 5. The number of fused-ring (bicyclic) bond motifs is 4. The second kappa shape index (κ2) is 10.2. The third-order valence-corrected chi connectivity index (χ3v) is 7.60. The van der Waals surface area contributed by atoms with Crippen molar-refractivity contribution in [1.82, 2.24) is 19.7 Å². The summed E-state index contributed by atoms with van der Waals surface area (Å²) in [5, 5.41) is 18.0. The van der Waals surface area contributed by atoms with E-state index < -0.39 is 0 Å². The second-order valence-corrected chi connectivity index (χ2v) is 10.2. The zero-order valence-corrected chi connectivity index (χ0v) is 21.8. The highest BCUT2D eigenvalue weighted by Gasteiger charge is 2.30. The van der Waals surface area contributed by atoms with Crippen LogP contribution in [0, 0.1) is 17.2 Å². The number of amides is 1. The number of aromatic nitrogens is 3. The predicted molar refractivity (Wildman–Crippen MR) is 145 cm³/mol. The molecule has 2 bridgehead atoms. The number of anilines is 1. The molecule has 0 radical (unpaired) electrons. The molecule has 2 unspecified atom stereocenters. The van der Waals surface area contributed by atoms with Gasteiger partial charge >= 0.3 is 0 Å². The van der Waals surface area contributed by atoms with Gasteiger partial charge in [-0.15, -0.1) is 0 Å². The lowest BCUT2D eigenvalue weighted by Gasteiger charge is -2.34. The van der Waals surface area contributed by atoms with Crippen LogP contribution in [0.5, 0.6) is 0 Å². The van der Waals surface area contributed by atoms with E-state index in [2.05, 4.69) is 36.1 Å². The van der Waals surface area contributed by atoms with Crippen LogP contribution >= 0.6 is 11.6 Å². The Kier molecular flexibility index (Phi) is 6.86. The molecule has 7 nitrogen and oxygen atoms in total. The molecule has 3 aromatic rings. The Bertz CT molecular complexity index is 1450. The van der Waals surface area contributed by atoms with Crippen LogP contribution in [-0.4, -0.2) is 32.1 Å². The molecule has 4 heterocycles. The van der Waals surface area contributed by atoms with Crippen molar-refractivity contribution in [2.45, 2.75) is 38.6 Å². The molecule has 0 saturated carbocycles. The van der Waals surface area contributed by atoms with Crippen molar-refractivity contribution in [3.8, 4) is 17.3 Å². The van der Waals surface area contributed by atoms with Crippen molar-refractivity contribution in [2.75, 3.05) is 11.9 Å². The van der Waals surface area contributed by atoms with E-state index in [0.29, 0.717) is 23.6 Å². The van der Waals surface area contributed by atoms with Gasteiger partial charge in [-0.1, -0.05) is 31.5 Å². The fourth-order valence-corrected chi connectivity index (χ4v) is 5.43. The van der Waals surface area contributed by atoms with Crippen molar-refractivity contribution in [3.05, 3.63) is 82.9 Å². The van der Waals surface area contributed by atoms with Gasteiger partial charge in [-0.3, -0.25) is 14.5 Å². The Hall–Kier alpha value is -3.89. The lowest BCUT2D eigenvalue weighted by Crippen LogP contribution is -2.38. The molecule has 0 aliphatic carbocycles. The van der Waals surface area contributed by atoms with Gasteiger partial charge in [0.2, 0.25) is 5.91 Å². The molecule has 0 saturated heterocycles. The highest BCUT2D eigenvalue weighted by atomic mass is 35.5. The van der Waals surface area contributed by atoms with E-state index in [4.69, 9.17) is 16.6 Å². The van der Waals surface area contributed by atoms with Gasteiger partial charge in [0.05, 0.1) is 40.9 Å². The maximum Gasteiger partial charge on any atom is 0.247 e. The van der Waals surface area contributed by atoms with Crippen LogP contribution in [0.1, 0.15) is 55.5 Å². The summed E-state index contributed by atoms with van der Waals surface area (Å²) in [5.41, 5.74) is 6.75. The van der Waals surface area contributed by atoms with Crippen LogP contribution < -0.4 is 5.32 Å². The fourth-order valence-electron chi connectivity index (χ4n) is 5.26. The Morgan fingerprint density at radius 1 is 1.24 bits per heavy atom. The van der Waals surface area contributed by atoms with Gasteiger partial charge in [0.1, 0.15) is 0 Å². The SMILES string of the molecule is C=C1Nc2cnn(C)c2-c2ccnc(c2)C(N2CCC(c3cc(Cl)ccc3C#N)=CC2=O)CCCC1C. The first-order valence-corrected chi connectivity index (χ1v) is 12.9. The van der Waals surface area contributed by atoms with Gasteiger partial charge in [0.25, 0.3) is 0 Å². The molecule has 1 amide bonds. The molecule has 2 aliphatic rings. The number of carbonyl (C=O) groups is 1. The molecule has 2 aliphatic heterocycles. The Morgan fingerprint density at radius 2 is 2.08 bits per heavy atom. The van der Waals surface area contributed by atoms with Crippen LogP contribution in [0.25, 0.3) is 16.8 Å². The number of pyridine rings is 1. The topological polar surface area (TPSA) is 86.8 Å². The second-order valence-electron chi connectivity index (χ2n) is 9.75. The van der Waals surface area contributed by atoms with Gasteiger partial charge in [-0.25, -0.2) is 0 Å². The molecular weight excluding hydrogens is 484 g/mol. The van der Waals surface area contributed by atoms with Crippen LogP contribution in [-0.2, 0) is 11.8 Å². The summed E-state index contributed by atoms with van der Waals surface area (Å²) in [6.45, 7) is 6.99. The first-order chi connectivity index (χ1) is 17.9. The molecule has 0 fully saturated rings. The number of nitrogens with zero attached hydrogens (tertiary/aromatic N) is 5. The summed E-state index contributed by atoms with van der Waals surface area (Å²) in [7, 11) is 1.92. The van der Waals surface area contributed by atoms with E-state index in [0.717, 1.165) is 58.7 Å². The van der Waals surface area contributed by atoms with Crippen LogP contribution in [0.4, 0.5) is 5.69 Å². The highest BCUT2D eigenvalue weighted by Crippen LogP contribution is 2.37. The summed E-state index contributed by atoms with van der Waals surface area (Å²) in [5.74, 6) is 0.185. The van der Waals surface area contributed by atoms with Crippen molar-refractivity contribution >= 4 is 28.8 Å². The van der Waals surface area contributed by atoms with E-state index >= 15 is 0 Å². The lowest BCUT2D eigenvalue weighted by atomic mass is 9.92. The highest BCUT2D eigenvalue weighted by molar-refractivity contribution is 6.30. The molecule has 37 heavy (non-hydrogen) atoms. The largest absolute Gasteiger partial charge is 0.356 e. The number of aryl methyl sites for hydroxylation is 1. The number of hydrogen-bond donors (Lipinski definition) is 1. The molecule has 2 aromatic heterocycles. The summed E-state index contributed by atoms with van der Waals surface area (Å²) >= 11 is 6.21. The monoisotopic (exact) mass is 512 g/mol. The zero-order chi connectivity index (χ0) is 26.1. The Balaban J connectivity index is 1.52. The number of nitriles is 1. The normalized spacial score (nSPS) is 20.2. The van der Waals surface area contributed by atoms with Gasteiger partial charge in [0.15, 0.2) is 0 Å². The predicted octanol–water partition coefficient (Wildman–Crippen LogP) is 6.11. The minimum atomic E-state index is -0.162. The maximum absolute atomic E-state index is 13.5. The van der Waals surface area contributed by atoms with Gasteiger partial charge in [0, 0.05) is 42.1 Å². The molecule has 0 spiro atoms. The first-order valence-electron chi connectivity index (χ1n) is 12.5. The van der Waals surface area contributed by atoms with Crippen LogP contribution in [0.15, 0.2) is 61.1 Å². The number of nitrogens with one attached hydrogen (secondary N) is 1. The standard InChI is InChI=1S/C29H29ClN6O/c1-18-5-4-6-27(25-13-21(9-11-32-25)29-26(34-19(18)2)17-33-35(29)3)36-12-10-20(14-28(36)37)24-15-23(30)8-7-22(24)16-31/h7-9,11,13-15,17-18,27,34H,2,4-6,10,12H2,1,3H3. The van der Waals surface area contributed by atoms with E-state index in [1.807, 2.05) is 28.9 Å². The first kappa shape index (κ1) is 24.8. The number of halogens is 1. The molecule has 5 rings (SSSR count). The van der Waals surface area contributed by atoms with Crippen molar-refractivity contribution in [2.24, 2.45) is 13.0 Å². The maximum atomic E-state index is 13.5. The average Bonchev–Trinajstić information content (AvgIpc) is 3.25. The van der Waals surface area contributed by atoms with Crippen molar-refractivity contribution in [3.63, 3.8) is 0 Å². The Labute approximate surface area is 222 Å². The number of allylic oxidation sites excluding steroid dienone is 1. The van der Waals surface area contributed by atoms with Crippen molar-refractivity contribution < 1.29 is 4.79 Å². The lowest BCUT2D eigenvalue weighted by molar-refractivity contribution is -0.129. The van der Waals surface area contributed by atoms with E-state index in [1.165, 1.54) is 0 Å². The number of carbonyl (C=O) groups excluding carboxylic acids is 1. The van der Waals surface area contributed by atoms with Gasteiger partial charge < -0.3 is 10.2 Å². The smallest absolute Gasteiger partial charge is 0.247 e.